The molecule has 0 saturated heterocycles. The number of aryl methyl sites for hydroxylation is 1. The maximum Gasteiger partial charge on any atom is 0.355 e. The van der Waals surface area contributed by atoms with Crippen molar-refractivity contribution in [1.29, 1.82) is 0 Å². The van der Waals surface area contributed by atoms with Crippen molar-refractivity contribution in [2.24, 2.45) is 0 Å². The number of nitrogens with one attached hydrogen (secondary N) is 3. The molecular formula is C15H21N3O6. The minimum Gasteiger partial charge on any atom is -0.462 e. The van der Waals surface area contributed by atoms with Crippen molar-refractivity contribution in [3.63, 3.8) is 0 Å². The molecule has 0 fully saturated rings. The lowest BCUT2D eigenvalue weighted by Crippen LogP contribution is -2.43. The molecule has 0 aliphatic heterocycles. The number of carbonyl (C=O) groups excluding carboxylic acids is 4. The molecule has 9 heteroatoms. The fourth-order valence-corrected chi connectivity index (χ4v) is 2.01. The molecule has 0 radical (unpaired) electrons. The molecule has 0 bridgehead atoms. The quantitative estimate of drug-likeness (QED) is 0.681. The maximum atomic E-state index is 12.2. The topological polar surface area (TPSA) is 127 Å². The molecule has 0 aliphatic rings. The number of imide groups is 1. The summed E-state index contributed by atoms with van der Waals surface area (Å²) in [5.74, 6) is -2.13. The van der Waals surface area contributed by atoms with E-state index in [0.717, 1.165) is 0 Å². The Bertz CT molecular complexity index is 664. The number of aromatic amines is 1. The summed E-state index contributed by atoms with van der Waals surface area (Å²) in [6, 6.07) is -0.709. The zero-order valence-electron chi connectivity index (χ0n) is 14.2. The summed E-state index contributed by atoms with van der Waals surface area (Å²) in [5.41, 5.74) is 1.14. The van der Waals surface area contributed by atoms with Crippen LogP contribution in [0.5, 0.6) is 0 Å². The number of rotatable bonds is 5. The van der Waals surface area contributed by atoms with E-state index >= 15 is 0 Å². The van der Waals surface area contributed by atoms with Crippen LogP contribution in [-0.2, 0) is 14.3 Å². The van der Waals surface area contributed by atoms with Gasteiger partial charge in [-0.1, -0.05) is 0 Å². The van der Waals surface area contributed by atoms with Crippen LogP contribution in [0.2, 0.25) is 0 Å². The largest absolute Gasteiger partial charge is 0.462 e. The lowest BCUT2D eigenvalue weighted by atomic mass is 10.1. The highest BCUT2D eigenvalue weighted by molar-refractivity contribution is 6.00. The molecule has 1 atom stereocenters. The molecule has 0 unspecified atom stereocenters. The van der Waals surface area contributed by atoms with Gasteiger partial charge in [-0.3, -0.25) is 10.1 Å². The van der Waals surface area contributed by atoms with Crippen LogP contribution in [-0.4, -0.2) is 48.6 Å². The Hall–Kier alpha value is -2.84. The Morgan fingerprint density at radius 1 is 1.17 bits per heavy atom. The van der Waals surface area contributed by atoms with Crippen molar-refractivity contribution >= 4 is 23.9 Å². The zero-order valence-corrected chi connectivity index (χ0v) is 14.2. The predicted molar refractivity (Wildman–Crippen MR) is 83.7 cm³/mol. The lowest BCUT2D eigenvalue weighted by molar-refractivity contribution is -0.127. The van der Waals surface area contributed by atoms with Crippen LogP contribution in [0.25, 0.3) is 0 Å². The van der Waals surface area contributed by atoms with Gasteiger partial charge in [-0.2, -0.15) is 0 Å². The Morgan fingerprint density at radius 2 is 1.79 bits per heavy atom. The summed E-state index contributed by atoms with van der Waals surface area (Å²) in [7, 11) is 1.35. The van der Waals surface area contributed by atoms with Crippen molar-refractivity contribution < 1.29 is 28.7 Å². The smallest absolute Gasteiger partial charge is 0.355 e. The third kappa shape index (κ3) is 4.34. The second-order valence-electron chi connectivity index (χ2n) is 4.96. The Kier molecular flexibility index (Phi) is 6.51. The van der Waals surface area contributed by atoms with Gasteiger partial charge in [0, 0.05) is 12.7 Å². The molecule has 1 aromatic heterocycles. The van der Waals surface area contributed by atoms with Crippen molar-refractivity contribution in [2.75, 3.05) is 13.7 Å². The van der Waals surface area contributed by atoms with E-state index in [0.29, 0.717) is 11.3 Å². The van der Waals surface area contributed by atoms with Crippen molar-refractivity contribution in [1.82, 2.24) is 15.6 Å². The third-order valence-electron chi connectivity index (χ3n) is 3.24. The summed E-state index contributed by atoms with van der Waals surface area (Å²) in [5, 5.41) is 4.21. The highest BCUT2D eigenvalue weighted by atomic mass is 16.5. The second-order valence-corrected chi connectivity index (χ2v) is 4.96. The molecular weight excluding hydrogens is 318 g/mol. The van der Waals surface area contributed by atoms with Crippen molar-refractivity contribution in [3.05, 3.63) is 22.5 Å². The van der Waals surface area contributed by atoms with Crippen LogP contribution in [0.15, 0.2) is 0 Å². The molecule has 24 heavy (non-hydrogen) atoms. The highest BCUT2D eigenvalue weighted by Crippen LogP contribution is 2.20. The van der Waals surface area contributed by atoms with Crippen LogP contribution < -0.4 is 10.6 Å². The van der Waals surface area contributed by atoms with E-state index < -0.39 is 30.0 Å². The van der Waals surface area contributed by atoms with E-state index in [1.54, 1.807) is 20.8 Å². The van der Waals surface area contributed by atoms with E-state index in [4.69, 9.17) is 9.47 Å². The molecule has 9 nitrogen and oxygen atoms in total. The first-order chi connectivity index (χ1) is 11.2. The van der Waals surface area contributed by atoms with Gasteiger partial charge in [0.15, 0.2) is 6.10 Å². The van der Waals surface area contributed by atoms with E-state index in [9.17, 15) is 19.2 Å². The maximum absolute atomic E-state index is 12.2. The average molecular weight is 339 g/mol. The second kappa shape index (κ2) is 8.14. The molecule has 0 saturated carbocycles. The number of ether oxygens (including phenoxy) is 2. The predicted octanol–water partition coefficient (Wildman–Crippen LogP) is 0.809. The number of urea groups is 1. The molecule has 1 rings (SSSR count). The minimum atomic E-state index is -1.19. The van der Waals surface area contributed by atoms with Gasteiger partial charge < -0.3 is 19.8 Å². The van der Waals surface area contributed by atoms with Crippen LogP contribution >= 0.6 is 0 Å². The van der Waals surface area contributed by atoms with E-state index in [2.05, 4.69) is 10.3 Å². The number of carbonyl (C=O) groups is 4. The zero-order chi connectivity index (χ0) is 18.4. The van der Waals surface area contributed by atoms with E-state index in [-0.39, 0.29) is 17.9 Å². The molecule has 1 aromatic rings. The Balaban J connectivity index is 2.89. The third-order valence-corrected chi connectivity index (χ3v) is 3.24. The van der Waals surface area contributed by atoms with Gasteiger partial charge in [0.05, 0.1) is 12.2 Å². The molecule has 0 aromatic carbocycles. The first-order valence-electron chi connectivity index (χ1n) is 7.32. The monoisotopic (exact) mass is 339 g/mol. The van der Waals surface area contributed by atoms with Crippen LogP contribution in [0.1, 0.15) is 46.0 Å². The van der Waals surface area contributed by atoms with Crippen LogP contribution in [0.4, 0.5) is 4.79 Å². The fourth-order valence-electron chi connectivity index (χ4n) is 2.01. The van der Waals surface area contributed by atoms with Crippen molar-refractivity contribution in [3.8, 4) is 0 Å². The first kappa shape index (κ1) is 19.2. The van der Waals surface area contributed by atoms with Gasteiger partial charge in [0.1, 0.15) is 5.69 Å². The molecule has 1 heterocycles. The number of aromatic nitrogens is 1. The van der Waals surface area contributed by atoms with Gasteiger partial charge in [-0.15, -0.1) is 0 Å². The van der Waals surface area contributed by atoms with Gasteiger partial charge in [0.25, 0.3) is 5.91 Å². The number of hydrogen-bond acceptors (Lipinski definition) is 6. The summed E-state index contributed by atoms with van der Waals surface area (Å²) in [4.78, 5) is 49.6. The highest BCUT2D eigenvalue weighted by Gasteiger charge is 2.26. The van der Waals surface area contributed by atoms with Crippen LogP contribution in [0, 0.1) is 13.8 Å². The van der Waals surface area contributed by atoms with E-state index in [1.165, 1.54) is 14.0 Å². The summed E-state index contributed by atoms with van der Waals surface area (Å²) < 4.78 is 9.96. The Labute approximate surface area is 139 Å². The van der Waals surface area contributed by atoms with Gasteiger partial charge in [-0.25, -0.2) is 14.4 Å². The summed E-state index contributed by atoms with van der Waals surface area (Å²) in [6.07, 6.45) is -1.19. The number of amides is 3. The molecule has 132 valence electrons. The molecule has 3 N–H and O–H groups in total. The fraction of sp³-hybridized carbons (Fsp3) is 0.467. The van der Waals surface area contributed by atoms with E-state index in [1.807, 2.05) is 5.32 Å². The molecule has 3 amide bonds. The van der Waals surface area contributed by atoms with Gasteiger partial charge in [0.2, 0.25) is 0 Å². The standard InChI is InChI=1S/C15H21N3O6/c1-6-23-13(20)10-7(2)11(17-8(10)3)14(21)24-9(4)12(19)18-15(22)16-5/h9,17H,6H2,1-5H3,(H2,16,18,19,22)/t9-/m1/s1. The normalized spacial score (nSPS) is 11.4. The average Bonchev–Trinajstić information content (AvgIpc) is 2.82. The number of H-pyrrole nitrogens is 1. The van der Waals surface area contributed by atoms with Gasteiger partial charge in [-0.05, 0) is 33.3 Å². The molecule has 0 spiro atoms. The lowest BCUT2D eigenvalue weighted by Gasteiger charge is -2.12. The number of hydrogen-bond donors (Lipinski definition) is 3. The van der Waals surface area contributed by atoms with Crippen molar-refractivity contribution in [2.45, 2.75) is 33.8 Å². The van der Waals surface area contributed by atoms with Crippen LogP contribution in [0.3, 0.4) is 0 Å². The minimum absolute atomic E-state index is 0.0511. The Morgan fingerprint density at radius 3 is 2.33 bits per heavy atom. The summed E-state index contributed by atoms with van der Waals surface area (Å²) in [6.45, 7) is 6.41. The van der Waals surface area contributed by atoms with Gasteiger partial charge >= 0.3 is 18.0 Å². The SMILES string of the molecule is CCOC(=O)c1c(C)[nH]c(C(=O)O[C@H](C)C(=O)NC(=O)NC)c1C. The first-order valence-corrected chi connectivity index (χ1v) is 7.32. The molecule has 0 aliphatic carbocycles. The summed E-state index contributed by atoms with van der Waals surface area (Å²) >= 11 is 0. The number of esters is 2.